The number of hydrogen-bond acceptors (Lipinski definition) is 2. The highest BCUT2D eigenvalue weighted by Crippen LogP contribution is 2.22. The highest BCUT2D eigenvalue weighted by molar-refractivity contribution is 9.10. The molecule has 0 unspecified atom stereocenters. The van der Waals surface area contributed by atoms with E-state index in [1.807, 2.05) is 13.0 Å². The Morgan fingerprint density at radius 1 is 1.58 bits per heavy atom. The molecule has 1 aromatic rings. The van der Waals surface area contributed by atoms with Gasteiger partial charge < -0.3 is 5.32 Å². The van der Waals surface area contributed by atoms with Crippen LogP contribution in [0.15, 0.2) is 22.7 Å². The van der Waals surface area contributed by atoms with Crippen molar-refractivity contribution in [3.63, 3.8) is 0 Å². The number of nitrogens with zero attached hydrogens (tertiary/aromatic N) is 1. The molecule has 1 rings (SSSR count). The number of benzene rings is 1. The number of hydrogen-bond donors (Lipinski definition) is 1. The zero-order valence-electron chi connectivity index (χ0n) is 6.76. The molecule has 0 spiro atoms. The number of halogens is 1. The average Bonchev–Trinajstić information content (AvgIpc) is 2.09. The van der Waals surface area contributed by atoms with Crippen molar-refractivity contribution in [1.29, 1.82) is 5.26 Å². The lowest BCUT2D eigenvalue weighted by atomic mass is 10.2. The maximum absolute atomic E-state index is 8.59. The van der Waals surface area contributed by atoms with Crippen LogP contribution in [0.4, 0.5) is 5.69 Å². The van der Waals surface area contributed by atoms with E-state index in [0.29, 0.717) is 5.56 Å². The minimum Gasteiger partial charge on any atom is -0.384 e. The highest BCUT2D eigenvalue weighted by atomic mass is 79.9. The van der Waals surface area contributed by atoms with Crippen LogP contribution in [0.25, 0.3) is 0 Å². The molecule has 0 aliphatic heterocycles. The van der Waals surface area contributed by atoms with Gasteiger partial charge >= 0.3 is 0 Å². The molecule has 62 valence electrons. The summed E-state index contributed by atoms with van der Waals surface area (Å²) in [5.74, 6) is 0. The first-order chi connectivity index (χ1) is 5.77. The van der Waals surface area contributed by atoms with Gasteiger partial charge in [0.1, 0.15) is 0 Å². The van der Waals surface area contributed by atoms with Crippen molar-refractivity contribution >= 4 is 21.6 Å². The standard InChI is InChI=1S/C9H9BrN2/c1-2-12-9-4-3-7(6-11)5-8(9)10/h3-5,12H,2H2,1H3. The van der Waals surface area contributed by atoms with Crippen molar-refractivity contribution in [3.05, 3.63) is 28.2 Å². The molecule has 3 heteroatoms. The first-order valence-corrected chi connectivity index (χ1v) is 4.50. The van der Waals surface area contributed by atoms with E-state index in [-0.39, 0.29) is 0 Å². The first-order valence-electron chi connectivity index (χ1n) is 3.71. The van der Waals surface area contributed by atoms with Crippen molar-refractivity contribution < 1.29 is 0 Å². The third-order valence-electron chi connectivity index (χ3n) is 1.47. The van der Waals surface area contributed by atoms with E-state index in [1.54, 1.807) is 12.1 Å². The largest absolute Gasteiger partial charge is 0.384 e. The molecule has 0 fully saturated rings. The zero-order chi connectivity index (χ0) is 8.97. The van der Waals surface area contributed by atoms with Gasteiger partial charge in [0.15, 0.2) is 0 Å². The summed E-state index contributed by atoms with van der Waals surface area (Å²) in [6.07, 6.45) is 0. The van der Waals surface area contributed by atoms with E-state index in [0.717, 1.165) is 16.7 Å². The minimum atomic E-state index is 0.670. The summed E-state index contributed by atoms with van der Waals surface area (Å²) >= 11 is 3.38. The van der Waals surface area contributed by atoms with Gasteiger partial charge in [-0.05, 0) is 41.1 Å². The number of nitrogens with one attached hydrogen (secondary N) is 1. The summed E-state index contributed by atoms with van der Waals surface area (Å²) in [6.45, 7) is 2.91. The fourth-order valence-electron chi connectivity index (χ4n) is 0.918. The maximum atomic E-state index is 8.59. The molecule has 1 aromatic carbocycles. The number of anilines is 1. The van der Waals surface area contributed by atoms with Crippen LogP contribution >= 0.6 is 15.9 Å². The molecule has 12 heavy (non-hydrogen) atoms. The molecule has 0 aromatic heterocycles. The van der Waals surface area contributed by atoms with Crippen LogP contribution in [-0.4, -0.2) is 6.54 Å². The quantitative estimate of drug-likeness (QED) is 0.839. The van der Waals surface area contributed by atoms with Gasteiger partial charge in [0, 0.05) is 16.7 Å². The predicted octanol–water partition coefficient (Wildman–Crippen LogP) is 2.75. The SMILES string of the molecule is CCNc1ccc(C#N)cc1Br. The lowest BCUT2D eigenvalue weighted by Crippen LogP contribution is -1.96. The van der Waals surface area contributed by atoms with Gasteiger partial charge in [-0.15, -0.1) is 0 Å². The molecule has 0 aliphatic rings. The normalized spacial score (nSPS) is 9.08. The van der Waals surface area contributed by atoms with Crippen LogP contribution in [-0.2, 0) is 0 Å². The Hall–Kier alpha value is -1.01. The lowest BCUT2D eigenvalue weighted by molar-refractivity contribution is 1.21. The van der Waals surface area contributed by atoms with Crippen molar-refractivity contribution in [2.24, 2.45) is 0 Å². The molecule has 0 heterocycles. The van der Waals surface area contributed by atoms with Gasteiger partial charge in [-0.3, -0.25) is 0 Å². The molecular formula is C9H9BrN2. The predicted molar refractivity (Wildman–Crippen MR) is 53.0 cm³/mol. The van der Waals surface area contributed by atoms with Crippen LogP contribution in [0.5, 0.6) is 0 Å². The second-order valence-electron chi connectivity index (χ2n) is 2.34. The molecular weight excluding hydrogens is 216 g/mol. The van der Waals surface area contributed by atoms with E-state index >= 15 is 0 Å². The van der Waals surface area contributed by atoms with Crippen molar-refractivity contribution in [2.45, 2.75) is 6.92 Å². The Balaban J connectivity index is 2.97. The fourth-order valence-corrected chi connectivity index (χ4v) is 1.44. The van der Waals surface area contributed by atoms with E-state index in [2.05, 4.69) is 27.3 Å². The summed E-state index contributed by atoms with van der Waals surface area (Å²) in [5.41, 5.74) is 1.69. The molecule has 2 nitrogen and oxygen atoms in total. The van der Waals surface area contributed by atoms with Gasteiger partial charge in [0.2, 0.25) is 0 Å². The zero-order valence-corrected chi connectivity index (χ0v) is 8.35. The minimum absolute atomic E-state index is 0.670. The average molecular weight is 225 g/mol. The molecule has 0 bridgehead atoms. The lowest BCUT2D eigenvalue weighted by Gasteiger charge is -2.04. The molecule has 0 atom stereocenters. The second kappa shape index (κ2) is 4.13. The maximum Gasteiger partial charge on any atom is 0.0992 e. The third-order valence-corrected chi connectivity index (χ3v) is 2.12. The summed E-state index contributed by atoms with van der Waals surface area (Å²) in [7, 11) is 0. The molecule has 1 N–H and O–H groups in total. The molecule has 0 amide bonds. The first kappa shape index (κ1) is 9.08. The molecule has 0 aliphatic carbocycles. The molecule has 0 saturated heterocycles. The summed E-state index contributed by atoms with van der Waals surface area (Å²) < 4.78 is 0.934. The van der Waals surface area contributed by atoms with Crippen LogP contribution in [0, 0.1) is 11.3 Å². The smallest absolute Gasteiger partial charge is 0.0992 e. The third kappa shape index (κ3) is 1.99. The summed E-state index contributed by atoms with van der Waals surface area (Å²) in [5, 5.41) is 11.8. The van der Waals surface area contributed by atoms with Gasteiger partial charge in [-0.2, -0.15) is 5.26 Å². The van der Waals surface area contributed by atoms with Gasteiger partial charge in [0.25, 0.3) is 0 Å². The van der Waals surface area contributed by atoms with Crippen LogP contribution in [0.1, 0.15) is 12.5 Å². The van der Waals surface area contributed by atoms with Gasteiger partial charge in [0.05, 0.1) is 11.6 Å². The van der Waals surface area contributed by atoms with Crippen molar-refractivity contribution in [3.8, 4) is 6.07 Å². The number of rotatable bonds is 2. The Morgan fingerprint density at radius 2 is 2.33 bits per heavy atom. The van der Waals surface area contributed by atoms with Crippen LogP contribution in [0.3, 0.4) is 0 Å². The Labute approximate surface area is 80.3 Å². The highest BCUT2D eigenvalue weighted by Gasteiger charge is 1.98. The summed E-state index contributed by atoms with van der Waals surface area (Å²) in [4.78, 5) is 0. The molecule has 0 radical (unpaired) electrons. The topological polar surface area (TPSA) is 35.8 Å². The van der Waals surface area contributed by atoms with Gasteiger partial charge in [-0.25, -0.2) is 0 Å². The van der Waals surface area contributed by atoms with Crippen LogP contribution in [0.2, 0.25) is 0 Å². The Kier molecular flexibility index (Phi) is 3.12. The van der Waals surface area contributed by atoms with E-state index in [9.17, 15) is 0 Å². The van der Waals surface area contributed by atoms with E-state index in [4.69, 9.17) is 5.26 Å². The van der Waals surface area contributed by atoms with Crippen molar-refractivity contribution in [2.75, 3.05) is 11.9 Å². The Morgan fingerprint density at radius 3 is 2.83 bits per heavy atom. The van der Waals surface area contributed by atoms with Crippen LogP contribution < -0.4 is 5.32 Å². The monoisotopic (exact) mass is 224 g/mol. The Bertz CT molecular complexity index is 315. The van der Waals surface area contributed by atoms with Gasteiger partial charge in [-0.1, -0.05) is 0 Å². The summed E-state index contributed by atoms with van der Waals surface area (Å²) in [6, 6.07) is 7.57. The number of nitriles is 1. The van der Waals surface area contributed by atoms with E-state index < -0.39 is 0 Å². The van der Waals surface area contributed by atoms with E-state index in [1.165, 1.54) is 0 Å². The molecule has 0 saturated carbocycles. The van der Waals surface area contributed by atoms with Crippen molar-refractivity contribution in [1.82, 2.24) is 0 Å². The second-order valence-corrected chi connectivity index (χ2v) is 3.19. The fraction of sp³-hybridized carbons (Fsp3) is 0.222.